The first-order valence-corrected chi connectivity index (χ1v) is 6.37. The predicted molar refractivity (Wildman–Crippen MR) is 69.4 cm³/mol. The highest BCUT2D eigenvalue weighted by molar-refractivity contribution is 6.03. The molecule has 1 aliphatic rings. The van der Waals surface area contributed by atoms with Crippen molar-refractivity contribution in [3.05, 3.63) is 11.8 Å². The van der Waals surface area contributed by atoms with Gasteiger partial charge in [-0.15, -0.1) is 0 Å². The Hall–Kier alpha value is -1.53. The molecule has 0 bridgehead atoms. The van der Waals surface area contributed by atoms with Crippen LogP contribution in [0.5, 0.6) is 0 Å². The van der Waals surface area contributed by atoms with Crippen molar-refractivity contribution in [3.8, 4) is 0 Å². The molecule has 1 aliphatic carbocycles. The minimum absolute atomic E-state index is 0.121. The molecule has 114 valence electrons. The minimum Gasteiger partial charge on any atom is -0.481 e. The van der Waals surface area contributed by atoms with E-state index < -0.39 is 29.3 Å². The molecule has 0 aromatic heterocycles. The van der Waals surface area contributed by atoms with Crippen LogP contribution in [0.25, 0.3) is 0 Å². The number of aliphatic imine (C=N–C) groups is 1. The first-order chi connectivity index (χ1) is 9.10. The SMILES string of the molecule is CC(=CN)C(=NC1CCC(C)(C(=O)O)CC1)C(F)(F)F. The van der Waals surface area contributed by atoms with E-state index in [9.17, 15) is 18.0 Å². The number of carboxylic acid groups (broad SMARTS) is 1. The molecule has 7 heteroatoms. The Morgan fingerprint density at radius 3 is 2.25 bits per heavy atom. The van der Waals surface area contributed by atoms with Crippen LogP contribution >= 0.6 is 0 Å². The molecule has 0 unspecified atom stereocenters. The highest BCUT2D eigenvalue weighted by atomic mass is 19.4. The molecule has 0 spiro atoms. The van der Waals surface area contributed by atoms with Crippen LogP contribution in [0.15, 0.2) is 16.8 Å². The van der Waals surface area contributed by atoms with Crippen LogP contribution in [0, 0.1) is 5.41 Å². The maximum Gasteiger partial charge on any atom is 0.433 e. The first-order valence-electron chi connectivity index (χ1n) is 6.37. The number of nitrogens with zero attached hydrogens (tertiary/aromatic N) is 1. The molecule has 1 saturated carbocycles. The lowest BCUT2D eigenvalue weighted by Gasteiger charge is -2.32. The summed E-state index contributed by atoms with van der Waals surface area (Å²) in [4.78, 5) is 14.8. The molecule has 0 radical (unpaired) electrons. The third kappa shape index (κ3) is 3.74. The second-order valence-corrected chi connectivity index (χ2v) is 5.42. The smallest absolute Gasteiger partial charge is 0.433 e. The zero-order valence-electron chi connectivity index (χ0n) is 11.5. The number of hydrogen-bond acceptors (Lipinski definition) is 3. The summed E-state index contributed by atoms with van der Waals surface area (Å²) in [6, 6.07) is -0.506. The Labute approximate surface area is 115 Å². The van der Waals surface area contributed by atoms with E-state index in [1.807, 2.05) is 0 Å². The number of nitrogens with two attached hydrogens (primary N) is 1. The van der Waals surface area contributed by atoms with Crippen LogP contribution in [0.2, 0.25) is 0 Å². The highest BCUT2D eigenvalue weighted by Crippen LogP contribution is 2.38. The molecule has 0 aromatic carbocycles. The summed E-state index contributed by atoms with van der Waals surface area (Å²) in [7, 11) is 0. The van der Waals surface area contributed by atoms with Crippen molar-refractivity contribution in [1.29, 1.82) is 0 Å². The van der Waals surface area contributed by atoms with Gasteiger partial charge in [0.2, 0.25) is 0 Å². The van der Waals surface area contributed by atoms with Crippen LogP contribution < -0.4 is 5.73 Å². The zero-order chi connectivity index (χ0) is 15.6. The average molecular weight is 292 g/mol. The minimum atomic E-state index is -4.55. The summed E-state index contributed by atoms with van der Waals surface area (Å²) in [5.41, 5.74) is 3.19. The molecular weight excluding hydrogens is 273 g/mol. The van der Waals surface area contributed by atoms with E-state index in [1.165, 1.54) is 6.92 Å². The quantitative estimate of drug-likeness (QED) is 0.785. The Kier molecular flexibility index (Phi) is 4.83. The van der Waals surface area contributed by atoms with Crippen molar-refractivity contribution >= 4 is 11.7 Å². The number of allylic oxidation sites excluding steroid dienone is 1. The van der Waals surface area contributed by atoms with Gasteiger partial charge in [-0.25, -0.2) is 0 Å². The number of aliphatic carboxylic acids is 1. The second kappa shape index (κ2) is 5.85. The van der Waals surface area contributed by atoms with Crippen molar-refractivity contribution in [2.75, 3.05) is 0 Å². The lowest BCUT2D eigenvalue weighted by molar-refractivity contribution is -0.149. The van der Waals surface area contributed by atoms with Crippen LogP contribution in [0.4, 0.5) is 13.2 Å². The number of alkyl halides is 3. The summed E-state index contributed by atoms with van der Waals surface area (Å²) >= 11 is 0. The molecule has 0 aromatic rings. The molecule has 4 nitrogen and oxygen atoms in total. The van der Waals surface area contributed by atoms with Crippen molar-refractivity contribution in [2.24, 2.45) is 16.1 Å². The van der Waals surface area contributed by atoms with Gasteiger partial charge in [-0.05, 0) is 51.3 Å². The Bertz CT molecular complexity index is 433. The number of carboxylic acids is 1. The molecule has 1 rings (SSSR count). The maximum atomic E-state index is 12.9. The van der Waals surface area contributed by atoms with Crippen molar-refractivity contribution in [1.82, 2.24) is 0 Å². The monoisotopic (exact) mass is 292 g/mol. The first kappa shape index (κ1) is 16.5. The summed E-state index contributed by atoms with van der Waals surface area (Å²) in [5.74, 6) is -0.908. The topological polar surface area (TPSA) is 75.7 Å². The van der Waals surface area contributed by atoms with E-state index in [0.29, 0.717) is 25.7 Å². The second-order valence-electron chi connectivity index (χ2n) is 5.42. The van der Waals surface area contributed by atoms with Crippen LogP contribution in [0.3, 0.4) is 0 Å². The van der Waals surface area contributed by atoms with E-state index in [0.717, 1.165) is 6.20 Å². The van der Waals surface area contributed by atoms with E-state index in [4.69, 9.17) is 10.8 Å². The van der Waals surface area contributed by atoms with Gasteiger partial charge in [0, 0.05) is 0 Å². The van der Waals surface area contributed by atoms with E-state index in [-0.39, 0.29) is 5.57 Å². The van der Waals surface area contributed by atoms with Gasteiger partial charge >= 0.3 is 12.1 Å². The van der Waals surface area contributed by atoms with E-state index in [1.54, 1.807) is 6.92 Å². The molecule has 20 heavy (non-hydrogen) atoms. The summed E-state index contributed by atoms with van der Waals surface area (Å²) in [6.45, 7) is 2.88. The molecule has 0 saturated heterocycles. The predicted octanol–water partition coefficient (Wildman–Crippen LogP) is 2.89. The van der Waals surface area contributed by atoms with Crippen molar-refractivity contribution in [2.45, 2.75) is 51.7 Å². The summed E-state index contributed by atoms with van der Waals surface area (Å²) in [5, 5.41) is 9.08. The summed E-state index contributed by atoms with van der Waals surface area (Å²) in [6.07, 6.45) is -2.34. The summed E-state index contributed by atoms with van der Waals surface area (Å²) < 4.78 is 38.6. The Morgan fingerprint density at radius 2 is 1.90 bits per heavy atom. The fraction of sp³-hybridized carbons (Fsp3) is 0.692. The van der Waals surface area contributed by atoms with Gasteiger partial charge < -0.3 is 10.8 Å². The van der Waals surface area contributed by atoms with Gasteiger partial charge in [0.25, 0.3) is 0 Å². The molecule has 0 aliphatic heterocycles. The van der Waals surface area contributed by atoms with Crippen LogP contribution in [-0.2, 0) is 4.79 Å². The van der Waals surface area contributed by atoms with Crippen LogP contribution in [-0.4, -0.2) is 29.0 Å². The van der Waals surface area contributed by atoms with E-state index in [2.05, 4.69) is 4.99 Å². The van der Waals surface area contributed by atoms with Gasteiger partial charge in [0.05, 0.1) is 11.5 Å². The Balaban J connectivity index is 2.87. The molecule has 0 heterocycles. The fourth-order valence-electron chi connectivity index (χ4n) is 2.24. The largest absolute Gasteiger partial charge is 0.481 e. The third-order valence-electron chi connectivity index (χ3n) is 3.78. The maximum absolute atomic E-state index is 12.9. The highest BCUT2D eigenvalue weighted by Gasteiger charge is 2.40. The standard InChI is InChI=1S/C13H19F3N2O2/c1-8(7-17)10(13(14,15)16)18-9-3-5-12(2,6-4-9)11(19)20/h7,9H,3-6,17H2,1-2H3,(H,19,20). The third-order valence-corrected chi connectivity index (χ3v) is 3.78. The van der Waals surface area contributed by atoms with E-state index >= 15 is 0 Å². The number of halogens is 3. The number of hydrogen-bond donors (Lipinski definition) is 2. The van der Waals surface area contributed by atoms with Gasteiger partial charge in [-0.3, -0.25) is 9.79 Å². The van der Waals surface area contributed by atoms with Crippen molar-refractivity contribution in [3.63, 3.8) is 0 Å². The van der Waals surface area contributed by atoms with Crippen molar-refractivity contribution < 1.29 is 23.1 Å². The fourth-order valence-corrected chi connectivity index (χ4v) is 2.24. The lowest BCUT2D eigenvalue weighted by Crippen LogP contribution is -2.35. The van der Waals surface area contributed by atoms with Crippen LogP contribution in [0.1, 0.15) is 39.5 Å². The van der Waals surface area contributed by atoms with Gasteiger partial charge in [-0.2, -0.15) is 13.2 Å². The zero-order valence-corrected chi connectivity index (χ0v) is 11.5. The number of carbonyl (C=O) groups is 1. The number of rotatable bonds is 3. The molecule has 3 N–H and O–H groups in total. The lowest BCUT2D eigenvalue weighted by atomic mass is 9.74. The average Bonchev–Trinajstić information content (AvgIpc) is 2.35. The molecular formula is C13H19F3N2O2. The molecule has 1 fully saturated rings. The Morgan fingerprint density at radius 1 is 1.40 bits per heavy atom. The molecule has 0 atom stereocenters. The normalized spacial score (nSPS) is 29.4. The van der Waals surface area contributed by atoms with Gasteiger partial charge in [-0.1, -0.05) is 0 Å². The molecule has 0 amide bonds. The van der Waals surface area contributed by atoms with Gasteiger partial charge in [0.1, 0.15) is 5.71 Å². The van der Waals surface area contributed by atoms with Gasteiger partial charge in [0.15, 0.2) is 0 Å².